The van der Waals surface area contributed by atoms with Gasteiger partial charge in [-0.15, -0.1) is 34.0 Å². The molecule has 3 aromatic heterocycles. The minimum absolute atomic E-state index is 0.0186. The van der Waals surface area contributed by atoms with Gasteiger partial charge in [0.1, 0.15) is 4.21 Å². The van der Waals surface area contributed by atoms with Gasteiger partial charge < -0.3 is 0 Å². The first kappa shape index (κ1) is 17.5. The van der Waals surface area contributed by atoms with Gasteiger partial charge in [-0.3, -0.25) is 4.79 Å². The minimum Gasteiger partial charge on any atom is -0.287 e. The summed E-state index contributed by atoms with van der Waals surface area (Å²) in [6, 6.07) is 10.6. The zero-order valence-electron chi connectivity index (χ0n) is 12.8. The molecule has 24 heavy (non-hydrogen) atoms. The molecular formula is C16H15NO3S4. The SMILES string of the molecule is CCc1ccc(S(=O)(=O)NCc2ccc(C(=O)c3cccs3)s2)s1. The second kappa shape index (κ2) is 7.28. The highest BCUT2D eigenvalue weighted by Gasteiger charge is 2.18. The molecule has 1 N–H and O–H groups in total. The lowest BCUT2D eigenvalue weighted by molar-refractivity contribution is 0.104. The van der Waals surface area contributed by atoms with Crippen LogP contribution in [0, 0.1) is 0 Å². The quantitative estimate of drug-likeness (QED) is 0.609. The van der Waals surface area contributed by atoms with Crippen LogP contribution in [0.1, 0.15) is 31.2 Å². The van der Waals surface area contributed by atoms with E-state index >= 15 is 0 Å². The monoisotopic (exact) mass is 397 g/mol. The molecule has 0 aliphatic carbocycles. The zero-order chi connectivity index (χ0) is 17.2. The first-order valence-electron chi connectivity index (χ1n) is 7.25. The highest BCUT2D eigenvalue weighted by Crippen LogP contribution is 2.24. The molecule has 0 fully saturated rings. The molecule has 0 radical (unpaired) electrons. The first-order valence-corrected chi connectivity index (χ1v) is 11.2. The van der Waals surface area contributed by atoms with Crippen molar-refractivity contribution >= 4 is 49.8 Å². The summed E-state index contributed by atoms with van der Waals surface area (Å²) in [4.78, 5) is 15.4. The number of carbonyl (C=O) groups excluding carboxylic acids is 1. The van der Waals surface area contributed by atoms with E-state index in [0.717, 1.165) is 16.2 Å². The van der Waals surface area contributed by atoms with Crippen molar-refractivity contribution in [2.24, 2.45) is 0 Å². The van der Waals surface area contributed by atoms with Crippen molar-refractivity contribution < 1.29 is 13.2 Å². The Morgan fingerprint density at radius 3 is 2.50 bits per heavy atom. The second-order valence-electron chi connectivity index (χ2n) is 4.97. The van der Waals surface area contributed by atoms with E-state index in [2.05, 4.69) is 4.72 Å². The van der Waals surface area contributed by atoms with E-state index in [1.807, 2.05) is 24.4 Å². The molecule has 3 heterocycles. The van der Waals surface area contributed by atoms with Gasteiger partial charge in [-0.1, -0.05) is 13.0 Å². The van der Waals surface area contributed by atoms with Gasteiger partial charge in [0.05, 0.1) is 9.75 Å². The van der Waals surface area contributed by atoms with Crippen molar-refractivity contribution in [2.45, 2.75) is 24.1 Å². The summed E-state index contributed by atoms with van der Waals surface area (Å²) in [5.41, 5.74) is 0. The molecule has 3 aromatic rings. The van der Waals surface area contributed by atoms with Crippen LogP contribution in [0.15, 0.2) is 46.0 Å². The van der Waals surface area contributed by atoms with Gasteiger partial charge in [-0.2, -0.15) is 0 Å². The van der Waals surface area contributed by atoms with Crippen LogP contribution in [0.4, 0.5) is 0 Å². The second-order valence-corrected chi connectivity index (χ2v) is 10.2. The predicted molar refractivity (Wildman–Crippen MR) is 99.8 cm³/mol. The van der Waals surface area contributed by atoms with Crippen molar-refractivity contribution in [3.63, 3.8) is 0 Å². The van der Waals surface area contributed by atoms with Crippen LogP contribution in [-0.2, 0) is 23.0 Å². The molecule has 0 saturated heterocycles. The predicted octanol–water partition coefficient (Wildman–Crippen LogP) is 4.14. The van der Waals surface area contributed by atoms with E-state index in [1.54, 1.807) is 24.3 Å². The highest BCUT2D eigenvalue weighted by molar-refractivity contribution is 7.91. The Hall–Kier alpha value is -1.32. The Balaban J connectivity index is 1.68. The Labute approximate surface area is 152 Å². The van der Waals surface area contributed by atoms with Crippen LogP contribution in [0.5, 0.6) is 0 Å². The third-order valence-corrected chi connectivity index (χ3v) is 8.39. The van der Waals surface area contributed by atoms with Gasteiger partial charge in [0.25, 0.3) is 0 Å². The first-order chi connectivity index (χ1) is 11.5. The summed E-state index contributed by atoms with van der Waals surface area (Å²) in [5, 5.41) is 1.86. The largest absolute Gasteiger partial charge is 0.287 e. The van der Waals surface area contributed by atoms with Gasteiger partial charge in [0.15, 0.2) is 0 Å². The van der Waals surface area contributed by atoms with Gasteiger partial charge in [-0.25, -0.2) is 13.1 Å². The van der Waals surface area contributed by atoms with Crippen molar-refractivity contribution in [3.8, 4) is 0 Å². The van der Waals surface area contributed by atoms with E-state index < -0.39 is 10.0 Å². The van der Waals surface area contributed by atoms with Crippen LogP contribution >= 0.6 is 34.0 Å². The molecule has 0 aliphatic rings. The average molecular weight is 398 g/mol. The average Bonchev–Trinajstić information content (AvgIpc) is 3.33. The fourth-order valence-electron chi connectivity index (χ4n) is 2.05. The maximum absolute atomic E-state index is 12.3. The Bertz CT molecular complexity index is 936. The summed E-state index contributed by atoms with van der Waals surface area (Å²) in [7, 11) is -3.51. The van der Waals surface area contributed by atoms with Gasteiger partial charge in [0.2, 0.25) is 15.8 Å². The smallest absolute Gasteiger partial charge is 0.250 e. The molecule has 0 aliphatic heterocycles. The zero-order valence-corrected chi connectivity index (χ0v) is 16.1. The fraction of sp³-hybridized carbons (Fsp3) is 0.188. The Kier molecular flexibility index (Phi) is 5.31. The molecule has 0 saturated carbocycles. The van der Waals surface area contributed by atoms with Crippen LogP contribution in [0.2, 0.25) is 0 Å². The Morgan fingerprint density at radius 1 is 1.04 bits per heavy atom. The summed E-state index contributed by atoms with van der Waals surface area (Å²) in [6.07, 6.45) is 0.819. The molecule has 3 rings (SSSR count). The van der Waals surface area contributed by atoms with Crippen molar-refractivity contribution in [1.82, 2.24) is 4.72 Å². The van der Waals surface area contributed by atoms with E-state index in [-0.39, 0.29) is 12.3 Å². The van der Waals surface area contributed by atoms with Crippen LogP contribution < -0.4 is 4.72 Å². The topological polar surface area (TPSA) is 63.2 Å². The van der Waals surface area contributed by atoms with Crippen molar-refractivity contribution in [3.05, 3.63) is 61.3 Å². The number of carbonyl (C=O) groups is 1. The van der Waals surface area contributed by atoms with Crippen LogP contribution in [0.3, 0.4) is 0 Å². The number of rotatable bonds is 7. The van der Waals surface area contributed by atoms with Gasteiger partial charge in [-0.05, 0) is 42.1 Å². The molecule has 0 spiro atoms. The summed E-state index contributed by atoms with van der Waals surface area (Å²) >= 11 is 4.00. The number of ketones is 1. The van der Waals surface area contributed by atoms with E-state index in [9.17, 15) is 13.2 Å². The van der Waals surface area contributed by atoms with E-state index in [1.165, 1.54) is 34.0 Å². The molecule has 0 aromatic carbocycles. The normalized spacial score (nSPS) is 11.7. The summed E-state index contributed by atoms with van der Waals surface area (Å²) < 4.78 is 27.5. The highest BCUT2D eigenvalue weighted by atomic mass is 32.2. The number of aryl methyl sites for hydroxylation is 1. The number of thiophene rings is 3. The third kappa shape index (κ3) is 3.84. The summed E-state index contributed by atoms with van der Waals surface area (Å²) in [5.74, 6) is -0.0186. The number of hydrogen-bond donors (Lipinski definition) is 1. The lowest BCUT2D eigenvalue weighted by atomic mass is 10.3. The van der Waals surface area contributed by atoms with E-state index in [0.29, 0.717) is 14.0 Å². The molecule has 0 amide bonds. The number of hydrogen-bond acceptors (Lipinski definition) is 6. The lowest BCUT2D eigenvalue weighted by Crippen LogP contribution is -2.21. The maximum atomic E-state index is 12.3. The number of sulfonamides is 1. The van der Waals surface area contributed by atoms with E-state index in [4.69, 9.17) is 0 Å². The molecular weight excluding hydrogens is 382 g/mol. The molecule has 0 unspecified atom stereocenters. The third-order valence-electron chi connectivity index (χ3n) is 3.32. The minimum atomic E-state index is -3.51. The Morgan fingerprint density at radius 2 is 1.83 bits per heavy atom. The van der Waals surface area contributed by atoms with Crippen molar-refractivity contribution in [1.29, 1.82) is 0 Å². The molecule has 0 atom stereocenters. The van der Waals surface area contributed by atoms with Crippen LogP contribution in [-0.4, -0.2) is 14.2 Å². The van der Waals surface area contributed by atoms with Gasteiger partial charge in [0, 0.05) is 16.3 Å². The molecule has 8 heteroatoms. The standard InChI is InChI=1S/C16H15NO3S4/c1-2-11-6-8-15(23-11)24(19,20)17-10-12-5-7-14(22-12)16(18)13-4-3-9-21-13/h3-9,17H,2,10H2,1H3. The maximum Gasteiger partial charge on any atom is 0.250 e. The molecule has 0 bridgehead atoms. The lowest BCUT2D eigenvalue weighted by Gasteiger charge is -2.02. The van der Waals surface area contributed by atoms with Crippen LogP contribution in [0.25, 0.3) is 0 Å². The number of nitrogens with one attached hydrogen (secondary N) is 1. The molecule has 4 nitrogen and oxygen atoms in total. The fourth-order valence-corrected chi connectivity index (χ4v) is 6.14. The van der Waals surface area contributed by atoms with Gasteiger partial charge >= 0.3 is 0 Å². The summed E-state index contributed by atoms with van der Waals surface area (Å²) in [6.45, 7) is 2.18. The molecule has 126 valence electrons. The van der Waals surface area contributed by atoms with Crippen molar-refractivity contribution in [2.75, 3.05) is 0 Å².